The number of aliphatic hydroxyl groups excluding tert-OH is 1. The van der Waals surface area contributed by atoms with E-state index in [1.54, 1.807) is 6.07 Å². The molecule has 0 unspecified atom stereocenters. The molecule has 1 saturated heterocycles. The summed E-state index contributed by atoms with van der Waals surface area (Å²) in [5.41, 5.74) is -0.271. The molecule has 0 spiro atoms. The lowest BCUT2D eigenvalue weighted by Crippen LogP contribution is -2.41. The minimum absolute atomic E-state index is 0.125. The summed E-state index contributed by atoms with van der Waals surface area (Å²) >= 11 is 0. The van der Waals surface area contributed by atoms with Crippen molar-refractivity contribution < 1.29 is 19.3 Å². The van der Waals surface area contributed by atoms with Gasteiger partial charge in [0, 0.05) is 6.07 Å². The second-order valence-electron chi connectivity index (χ2n) is 5.89. The Hall–Kier alpha value is -1.44. The van der Waals surface area contributed by atoms with Crippen LogP contribution in [0.4, 0.5) is 5.69 Å². The van der Waals surface area contributed by atoms with Crippen molar-refractivity contribution in [2.45, 2.75) is 45.5 Å². The van der Waals surface area contributed by atoms with Crippen LogP contribution >= 0.6 is 0 Å². The molecule has 0 bridgehead atoms. The molecule has 1 aliphatic heterocycles. The molecule has 20 heavy (non-hydrogen) atoms. The van der Waals surface area contributed by atoms with Crippen LogP contribution in [0.2, 0.25) is 0 Å². The summed E-state index contributed by atoms with van der Waals surface area (Å²) in [6.07, 6.45) is 0. The Bertz CT molecular complexity index is 528. The molecular formula is C13H18BNO5. The summed E-state index contributed by atoms with van der Waals surface area (Å²) in [7, 11) is -0.647. The zero-order valence-corrected chi connectivity index (χ0v) is 12.0. The van der Waals surface area contributed by atoms with Gasteiger partial charge in [0.25, 0.3) is 5.69 Å². The van der Waals surface area contributed by atoms with Gasteiger partial charge in [0.2, 0.25) is 0 Å². The van der Waals surface area contributed by atoms with Gasteiger partial charge in [-0.25, -0.2) is 0 Å². The highest BCUT2D eigenvalue weighted by atomic mass is 16.7. The van der Waals surface area contributed by atoms with Crippen molar-refractivity contribution in [2.24, 2.45) is 0 Å². The average molecular weight is 279 g/mol. The zero-order valence-electron chi connectivity index (χ0n) is 12.0. The molecule has 0 radical (unpaired) electrons. The molecule has 0 aliphatic carbocycles. The Labute approximate surface area is 118 Å². The summed E-state index contributed by atoms with van der Waals surface area (Å²) in [5, 5.41) is 20.1. The molecule has 108 valence electrons. The van der Waals surface area contributed by atoms with E-state index in [-0.39, 0.29) is 17.9 Å². The van der Waals surface area contributed by atoms with Crippen LogP contribution in [0.25, 0.3) is 0 Å². The van der Waals surface area contributed by atoms with E-state index < -0.39 is 23.2 Å². The minimum Gasteiger partial charge on any atom is -0.399 e. The third-order valence-corrected chi connectivity index (χ3v) is 4.00. The van der Waals surface area contributed by atoms with Crippen LogP contribution in [-0.2, 0) is 15.9 Å². The SMILES string of the molecule is CC1(C)OB(c2ccc(CO)c([N+](=O)[O-])c2)OC1(C)C. The molecular weight excluding hydrogens is 261 g/mol. The third-order valence-electron chi connectivity index (χ3n) is 4.00. The Morgan fingerprint density at radius 1 is 1.25 bits per heavy atom. The number of nitro groups is 1. The Kier molecular flexibility index (Phi) is 3.62. The van der Waals surface area contributed by atoms with E-state index in [9.17, 15) is 10.1 Å². The van der Waals surface area contributed by atoms with Crippen LogP contribution in [0.5, 0.6) is 0 Å². The molecule has 1 fully saturated rings. The number of nitrogens with zero attached hydrogens (tertiary/aromatic N) is 1. The van der Waals surface area contributed by atoms with Gasteiger partial charge in [-0.2, -0.15) is 0 Å². The smallest absolute Gasteiger partial charge is 0.399 e. The molecule has 0 saturated carbocycles. The zero-order chi connectivity index (χ0) is 15.1. The van der Waals surface area contributed by atoms with Gasteiger partial charge in [-0.1, -0.05) is 12.1 Å². The Balaban J connectivity index is 2.36. The van der Waals surface area contributed by atoms with E-state index in [1.807, 2.05) is 27.7 Å². The number of rotatable bonds is 3. The van der Waals surface area contributed by atoms with Crippen molar-refractivity contribution in [2.75, 3.05) is 0 Å². The van der Waals surface area contributed by atoms with Crippen molar-refractivity contribution in [3.63, 3.8) is 0 Å². The largest absolute Gasteiger partial charge is 0.495 e. The van der Waals surface area contributed by atoms with Crippen LogP contribution in [0, 0.1) is 10.1 Å². The first-order chi connectivity index (χ1) is 9.18. The number of benzene rings is 1. The molecule has 2 rings (SSSR count). The van der Waals surface area contributed by atoms with Crippen molar-refractivity contribution in [1.82, 2.24) is 0 Å². The molecule has 0 aromatic heterocycles. The van der Waals surface area contributed by atoms with Crippen molar-refractivity contribution in [3.05, 3.63) is 33.9 Å². The van der Waals surface area contributed by atoms with Gasteiger partial charge < -0.3 is 14.4 Å². The van der Waals surface area contributed by atoms with Crippen molar-refractivity contribution >= 4 is 18.3 Å². The highest BCUT2D eigenvalue weighted by Crippen LogP contribution is 2.36. The lowest BCUT2D eigenvalue weighted by Gasteiger charge is -2.32. The maximum Gasteiger partial charge on any atom is 0.495 e. The van der Waals surface area contributed by atoms with E-state index in [0.717, 1.165) is 0 Å². The summed E-state index contributed by atoms with van der Waals surface area (Å²) in [5.74, 6) is 0. The third kappa shape index (κ3) is 2.44. The fourth-order valence-electron chi connectivity index (χ4n) is 2.01. The fourth-order valence-corrected chi connectivity index (χ4v) is 2.01. The molecule has 0 atom stereocenters. The van der Waals surface area contributed by atoms with Gasteiger partial charge >= 0.3 is 7.12 Å². The topological polar surface area (TPSA) is 81.8 Å². The molecule has 7 heteroatoms. The van der Waals surface area contributed by atoms with Gasteiger partial charge in [0.15, 0.2) is 0 Å². The molecule has 1 aromatic rings. The first kappa shape index (κ1) is 15.0. The standard InChI is InChI=1S/C13H18BNO5/c1-12(2)13(3,4)20-14(19-12)10-6-5-9(8-16)11(7-10)15(17)18/h5-7,16H,8H2,1-4H3. The van der Waals surface area contributed by atoms with E-state index in [1.165, 1.54) is 12.1 Å². The number of hydrogen-bond donors (Lipinski definition) is 1. The summed E-state index contributed by atoms with van der Waals surface area (Å²) in [6, 6.07) is 4.60. The van der Waals surface area contributed by atoms with E-state index in [0.29, 0.717) is 5.46 Å². The highest BCUT2D eigenvalue weighted by molar-refractivity contribution is 6.62. The molecule has 0 amide bonds. The van der Waals surface area contributed by atoms with E-state index in [2.05, 4.69) is 0 Å². The maximum atomic E-state index is 11.0. The second kappa shape index (κ2) is 4.84. The van der Waals surface area contributed by atoms with Gasteiger partial charge in [0.05, 0.1) is 28.3 Å². The van der Waals surface area contributed by atoms with Crippen molar-refractivity contribution in [3.8, 4) is 0 Å². The second-order valence-corrected chi connectivity index (χ2v) is 5.89. The molecule has 1 heterocycles. The monoisotopic (exact) mass is 279 g/mol. The van der Waals surface area contributed by atoms with Gasteiger partial charge in [-0.05, 0) is 33.2 Å². The van der Waals surface area contributed by atoms with E-state index in [4.69, 9.17) is 14.4 Å². The lowest BCUT2D eigenvalue weighted by molar-refractivity contribution is -0.385. The van der Waals surface area contributed by atoms with Crippen LogP contribution in [0.1, 0.15) is 33.3 Å². The molecule has 1 aromatic carbocycles. The van der Waals surface area contributed by atoms with Crippen LogP contribution in [-0.4, -0.2) is 28.4 Å². The van der Waals surface area contributed by atoms with Crippen molar-refractivity contribution in [1.29, 1.82) is 0 Å². The quantitative estimate of drug-likeness (QED) is 0.513. The minimum atomic E-state index is -0.647. The first-order valence-corrected chi connectivity index (χ1v) is 6.41. The molecule has 6 nitrogen and oxygen atoms in total. The summed E-state index contributed by atoms with van der Waals surface area (Å²) in [6.45, 7) is 7.31. The van der Waals surface area contributed by atoms with Crippen LogP contribution in [0.3, 0.4) is 0 Å². The predicted molar refractivity (Wildman–Crippen MR) is 74.7 cm³/mol. The first-order valence-electron chi connectivity index (χ1n) is 6.41. The fraction of sp³-hybridized carbons (Fsp3) is 0.538. The molecule has 1 aliphatic rings. The molecule has 1 N–H and O–H groups in total. The normalized spacial score (nSPS) is 20.1. The average Bonchev–Trinajstić information content (AvgIpc) is 2.57. The Morgan fingerprint density at radius 3 is 2.25 bits per heavy atom. The van der Waals surface area contributed by atoms with Gasteiger partial charge in [0.1, 0.15) is 0 Å². The van der Waals surface area contributed by atoms with Gasteiger partial charge in [-0.3, -0.25) is 10.1 Å². The summed E-state index contributed by atoms with van der Waals surface area (Å²) in [4.78, 5) is 10.5. The number of hydrogen-bond acceptors (Lipinski definition) is 5. The lowest BCUT2D eigenvalue weighted by atomic mass is 9.78. The predicted octanol–water partition coefficient (Wildman–Crippen LogP) is 1.39. The highest BCUT2D eigenvalue weighted by Gasteiger charge is 2.51. The maximum absolute atomic E-state index is 11.0. The number of aliphatic hydroxyl groups is 1. The number of nitro benzene ring substituents is 1. The van der Waals surface area contributed by atoms with Gasteiger partial charge in [-0.15, -0.1) is 0 Å². The summed E-state index contributed by atoms with van der Waals surface area (Å²) < 4.78 is 11.7. The Morgan fingerprint density at radius 2 is 1.80 bits per heavy atom. The van der Waals surface area contributed by atoms with Crippen LogP contribution in [0.15, 0.2) is 18.2 Å². The van der Waals surface area contributed by atoms with E-state index >= 15 is 0 Å². The van der Waals surface area contributed by atoms with Crippen LogP contribution < -0.4 is 5.46 Å².